The van der Waals surface area contributed by atoms with Crippen LogP contribution in [-0.2, 0) is 9.63 Å². The summed E-state index contributed by atoms with van der Waals surface area (Å²) >= 11 is 0. The predicted molar refractivity (Wildman–Crippen MR) is 70.4 cm³/mol. The molecule has 0 aliphatic rings. The third kappa shape index (κ3) is 4.75. The van der Waals surface area contributed by atoms with Gasteiger partial charge in [-0.3, -0.25) is 9.63 Å². The lowest BCUT2D eigenvalue weighted by Gasteiger charge is -2.19. The number of nitrogens with one attached hydrogen (secondary N) is 1. The molecule has 18 heavy (non-hydrogen) atoms. The summed E-state index contributed by atoms with van der Waals surface area (Å²) in [7, 11) is 0. The first-order chi connectivity index (χ1) is 8.29. The van der Waals surface area contributed by atoms with Gasteiger partial charge in [-0.15, -0.1) is 0 Å². The molecule has 1 rings (SSSR count). The van der Waals surface area contributed by atoms with E-state index >= 15 is 0 Å². The first-order valence-electron chi connectivity index (χ1n) is 5.95. The topological polar surface area (TPSA) is 47.6 Å². The Kier molecular flexibility index (Phi) is 4.73. The maximum Gasteiger partial charge on any atom is 0.281 e. The number of para-hydroxylation sites is 1. The van der Waals surface area contributed by atoms with Crippen molar-refractivity contribution < 1.29 is 14.4 Å². The lowest BCUT2D eigenvalue weighted by molar-refractivity contribution is -0.147. The van der Waals surface area contributed by atoms with E-state index < -0.39 is 5.60 Å². The van der Waals surface area contributed by atoms with Crippen molar-refractivity contribution in [1.29, 1.82) is 0 Å². The summed E-state index contributed by atoms with van der Waals surface area (Å²) in [6, 6.07) is 5.86. The number of ether oxygens (including phenoxy) is 1. The van der Waals surface area contributed by atoms with E-state index in [1.165, 1.54) is 0 Å². The molecule has 0 unspecified atom stereocenters. The van der Waals surface area contributed by atoms with Gasteiger partial charge in [0.15, 0.2) is 6.61 Å². The van der Waals surface area contributed by atoms with E-state index in [-0.39, 0.29) is 12.5 Å². The monoisotopic (exact) mass is 251 g/mol. The van der Waals surface area contributed by atoms with Gasteiger partial charge in [0, 0.05) is 0 Å². The van der Waals surface area contributed by atoms with E-state index in [9.17, 15) is 4.79 Å². The fraction of sp³-hybridized carbons (Fsp3) is 0.500. The number of carbonyl (C=O) groups is 1. The molecule has 4 nitrogen and oxygen atoms in total. The first kappa shape index (κ1) is 14.5. The molecule has 100 valence electrons. The summed E-state index contributed by atoms with van der Waals surface area (Å²) < 4.78 is 5.50. The number of hydroxylamine groups is 1. The van der Waals surface area contributed by atoms with Crippen LogP contribution in [0, 0.1) is 13.8 Å². The van der Waals surface area contributed by atoms with Gasteiger partial charge in [0.2, 0.25) is 0 Å². The molecule has 0 atom stereocenters. The van der Waals surface area contributed by atoms with Gasteiger partial charge in [-0.1, -0.05) is 18.2 Å². The van der Waals surface area contributed by atoms with Gasteiger partial charge < -0.3 is 4.74 Å². The Hall–Kier alpha value is -1.55. The Morgan fingerprint density at radius 3 is 2.28 bits per heavy atom. The second kappa shape index (κ2) is 5.87. The molecule has 0 aromatic heterocycles. The molecule has 0 saturated carbocycles. The fourth-order valence-corrected chi connectivity index (χ4v) is 1.40. The number of rotatable bonds is 4. The van der Waals surface area contributed by atoms with Crippen LogP contribution < -0.4 is 10.2 Å². The predicted octanol–water partition coefficient (Wildman–Crippen LogP) is 2.53. The van der Waals surface area contributed by atoms with E-state index in [1.54, 1.807) is 0 Å². The molecule has 0 radical (unpaired) electrons. The van der Waals surface area contributed by atoms with Crippen LogP contribution in [0.5, 0.6) is 5.75 Å². The van der Waals surface area contributed by atoms with E-state index in [1.807, 2.05) is 52.8 Å². The van der Waals surface area contributed by atoms with Crippen molar-refractivity contribution in [2.45, 2.75) is 40.2 Å². The smallest absolute Gasteiger partial charge is 0.281 e. The number of amides is 1. The van der Waals surface area contributed by atoms with Gasteiger partial charge in [-0.2, -0.15) is 0 Å². The van der Waals surface area contributed by atoms with Crippen LogP contribution in [0.15, 0.2) is 18.2 Å². The number of hydrogen-bond acceptors (Lipinski definition) is 3. The Balaban J connectivity index is 2.48. The van der Waals surface area contributed by atoms with Crippen molar-refractivity contribution >= 4 is 5.91 Å². The van der Waals surface area contributed by atoms with E-state index in [0.29, 0.717) is 0 Å². The molecular formula is C14H21NO3. The summed E-state index contributed by atoms with van der Waals surface area (Å²) in [4.78, 5) is 16.7. The third-order valence-corrected chi connectivity index (χ3v) is 2.23. The van der Waals surface area contributed by atoms with Crippen LogP contribution in [0.3, 0.4) is 0 Å². The highest BCUT2D eigenvalue weighted by Crippen LogP contribution is 2.21. The average molecular weight is 251 g/mol. The van der Waals surface area contributed by atoms with Crippen LogP contribution in [-0.4, -0.2) is 18.1 Å². The SMILES string of the molecule is Cc1cccc(C)c1OCC(=O)NOC(C)(C)C. The Bertz CT molecular complexity index is 401. The number of carbonyl (C=O) groups excluding carboxylic acids is 1. The maximum atomic E-state index is 11.5. The fourth-order valence-electron chi connectivity index (χ4n) is 1.40. The van der Waals surface area contributed by atoms with Gasteiger partial charge >= 0.3 is 0 Å². The number of hydrogen-bond donors (Lipinski definition) is 1. The van der Waals surface area contributed by atoms with Crippen LogP contribution in [0.1, 0.15) is 31.9 Å². The Morgan fingerprint density at radius 1 is 1.22 bits per heavy atom. The molecule has 1 aromatic carbocycles. The highest BCUT2D eigenvalue weighted by Gasteiger charge is 2.13. The molecule has 0 fully saturated rings. The zero-order valence-electron chi connectivity index (χ0n) is 11.7. The van der Waals surface area contributed by atoms with Crippen LogP contribution >= 0.6 is 0 Å². The molecule has 1 amide bonds. The third-order valence-electron chi connectivity index (χ3n) is 2.23. The van der Waals surface area contributed by atoms with Crippen molar-refractivity contribution in [3.05, 3.63) is 29.3 Å². The normalized spacial score (nSPS) is 11.2. The maximum absolute atomic E-state index is 11.5. The Morgan fingerprint density at radius 2 is 1.78 bits per heavy atom. The van der Waals surface area contributed by atoms with Crippen molar-refractivity contribution in [3.63, 3.8) is 0 Å². The minimum atomic E-state index is -0.408. The van der Waals surface area contributed by atoms with Gasteiger partial charge in [0.25, 0.3) is 5.91 Å². The highest BCUT2D eigenvalue weighted by molar-refractivity contribution is 5.76. The van der Waals surface area contributed by atoms with Crippen molar-refractivity contribution in [2.24, 2.45) is 0 Å². The molecule has 0 spiro atoms. The van der Waals surface area contributed by atoms with Gasteiger partial charge in [-0.05, 0) is 45.7 Å². The van der Waals surface area contributed by atoms with Crippen molar-refractivity contribution in [2.75, 3.05) is 6.61 Å². The first-order valence-corrected chi connectivity index (χ1v) is 5.95. The molecular weight excluding hydrogens is 230 g/mol. The second-order valence-electron chi connectivity index (χ2n) is 5.25. The van der Waals surface area contributed by atoms with Crippen molar-refractivity contribution in [3.8, 4) is 5.75 Å². The molecule has 1 aromatic rings. The minimum absolute atomic E-state index is 0.0538. The molecule has 0 aliphatic carbocycles. The van der Waals surface area contributed by atoms with E-state index in [2.05, 4.69) is 5.48 Å². The molecule has 0 aliphatic heterocycles. The Labute approximate surface area is 108 Å². The van der Waals surface area contributed by atoms with Gasteiger partial charge in [-0.25, -0.2) is 5.48 Å². The van der Waals surface area contributed by atoms with Gasteiger partial charge in [0.1, 0.15) is 5.75 Å². The number of benzene rings is 1. The van der Waals surface area contributed by atoms with Crippen LogP contribution in [0.4, 0.5) is 0 Å². The lowest BCUT2D eigenvalue weighted by atomic mass is 10.1. The quantitative estimate of drug-likeness (QED) is 0.836. The van der Waals surface area contributed by atoms with Crippen molar-refractivity contribution in [1.82, 2.24) is 5.48 Å². The molecule has 0 heterocycles. The standard InChI is InChI=1S/C14H21NO3/c1-10-7-6-8-11(2)13(10)17-9-12(16)15-18-14(3,4)5/h6-8H,9H2,1-5H3,(H,15,16). The lowest BCUT2D eigenvalue weighted by Crippen LogP contribution is -2.36. The highest BCUT2D eigenvalue weighted by atomic mass is 16.7. The summed E-state index contributed by atoms with van der Waals surface area (Å²) in [5.74, 6) is 0.455. The molecule has 4 heteroatoms. The summed E-state index contributed by atoms with van der Waals surface area (Å²) in [5, 5.41) is 0. The largest absolute Gasteiger partial charge is 0.483 e. The van der Waals surface area contributed by atoms with E-state index in [0.717, 1.165) is 16.9 Å². The zero-order chi connectivity index (χ0) is 13.8. The number of aryl methyl sites for hydroxylation is 2. The average Bonchev–Trinajstić information content (AvgIpc) is 2.25. The summed E-state index contributed by atoms with van der Waals surface area (Å²) in [6.07, 6.45) is 0. The second-order valence-corrected chi connectivity index (χ2v) is 5.25. The molecule has 0 bridgehead atoms. The van der Waals surface area contributed by atoms with Crippen LogP contribution in [0.25, 0.3) is 0 Å². The molecule has 1 N–H and O–H groups in total. The zero-order valence-corrected chi connectivity index (χ0v) is 11.7. The van der Waals surface area contributed by atoms with E-state index in [4.69, 9.17) is 9.57 Å². The minimum Gasteiger partial charge on any atom is -0.483 e. The van der Waals surface area contributed by atoms with Crippen LogP contribution in [0.2, 0.25) is 0 Å². The molecule has 0 saturated heterocycles. The van der Waals surface area contributed by atoms with Gasteiger partial charge in [0.05, 0.1) is 5.60 Å². The summed E-state index contributed by atoms with van der Waals surface area (Å²) in [5.41, 5.74) is 3.99. The summed E-state index contributed by atoms with van der Waals surface area (Å²) in [6.45, 7) is 9.43.